The first kappa shape index (κ1) is 26.2. The molecule has 0 saturated heterocycles. The Kier molecular flexibility index (Phi) is 19.4. The molecule has 2 amide bonds. The maximum absolute atomic E-state index is 11.7. The Hall–Kier alpha value is -0.770. The van der Waals surface area contributed by atoms with Crippen molar-refractivity contribution in [1.29, 1.82) is 0 Å². The largest absolute Gasteiger partial charge is 0.391 e. The number of unbranched alkanes of at least 4 members (excludes halogenated alkanes) is 13. The highest BCUT2D eigenvalue weighted by Crippen LogP contribution is 2.14. The highest BCUT2D eigenvalue weighted by Gasteiger charge is 2.15. The molecule has 4 heteroatoms. The van der Waals surface area contributed by atoms with E-state index in [1.165, 1.54) is 77.0 Å². The molecule has 162 valence electrons. The average molecular weight is 385 g/mol. The van der Waals surface area contributed by atoms with Crippen molar-refractivity contribution >= 4 is 6.03 Å². The van der Waals surface area contributed by atoms with E-state index in [9.17, 15) is 9.90 Å². The van der Waals surface area contributed by atoms with Gasteiger partial charge in [0.05, 0.1) is 12.1 Å². The van der Waals surface area contributed by atoms with Gasteiger partial charge in [-0.3, -0.25) is 0 Å². The number of carbonyl (C=O) groups excluding carboxylic acids is 1. The van der Waals surface area contributed by atoms with Crippen molar-refractivity contribution in [1.82, 2.24) is 10.6 Å². The molecule has 0 fully saturated rings. The van der Waals surface area contributed by atoms with Gasteiger partial charge in [-0.1, -0.05) is 104 Å². The molecule has 0 bridgehead atoms. The van der Waals surface area contributed by atoms with Crippen molar-refractivity contribution < 1.29 is 9.90 Å². The number of amides is 2. The lowest BCUT2D eigenvalue weighted by atomic mass is 10.0. The van der Waals surface area contributed by atoms with Gasteiger partial charge in [-0.05, 0) is 19.8 Å². The molecular formula is C23H48N2O2. The van der Waals surface area contributed by atoms with Crippen LogP contribution in [0.4, 0.5) is 4.79 Å². The first-order valence-electron chi connectivity index (χ1n) is 11.8. The van der Waals surface area contributed by atoms with E-state index in [0.717, 1.165) is 25.7 Å². The van der Waals surface area contributed by atoms with Gasteiger partial charge in [0.15, 0.2) is 0 Å². The van der Waals surface area contributed by atoms with Gasteiger partial charge in [-0.25, -0.2) is 4.79 Å². The number of rotatable bonds is 19. The Morgan fingerprint density at radius 2 is 1.19 bits per heavy atom. The van der Waals surface area contributed by atoms with Crippen molar-refractivity contribution in [3.05, 3.63) is 0 Å². The van der Waals surface area contributed by atoms with Crippen molar-refractivity contribution in [2.75, 3.05) is 6.54 Å². The van der Waals surface area contributed by atoms with Gasteiger partial charge in [0, 0.05) is 6.54 Å². The molecule has 0 saturated carbocycles. The summed E-state index contributed by atoms with van der Waals surface area (Å²) < 4.78 is 0. The van der Waals surface area contributed by atoms with Gasteiger partial charge < -0.3 is 15.7 Å². The fraction of sp³-hybridized carbons (Fsp3) is 0.957. The number of hydrogen-bond donors (Lipinski definition) is 3. The molecule has 0 radical (unpaired) electrons. The summed E-state index contributed by atoms with van der Waals surface area (Å²) in [5.74, 6) is 0. The molecule has 27 heavy (non-hydrogen) atoms. The molecule has 0 rings (SSSR count). The minimum absolute atomic E-state index is 0.166. The van der Waals surface area contributed by atoms with E-state index in [1.54, 1.807) is 0 Å². The second kappa shape index (κ2) is 20.0. The molecule has 0 aliphatic rings. The summed E-state index contributed by atoms with van der Waals surface area (Å²) in [6, 6.07) is -0.357. The monoisotopic (exact) mass is 384 g/mol. The van der Waals surface area contributed by atoms with E-state index >= 15 is 0 Å². The first-order chi connectivity index (χ1) is 13.1. The third-order valence-corrected chi connectivity index (χ3v) is 5.36. The number of nitrogens with one attached hydrogen (secondary N) is 2. The van der Waals surface area contributed by atoms with Gasteiger partial charge >= 0.3 is 6.03 Å². The molecule has 4 nitrogen and oxygen atoms in total. The van der Waals surface area contributed by atoms with Crippen LogP contribution in [0.5, 0.6) is 0 Å². The van der Waals surface area contributed by atoms with Crippen LogP contribution in [0.1, 0.15) is 124 Å². The summed E-state index contributed by atoms with van der Waals surface area (Å²) in [4.78, 5) is 11.7. The zero-order valence-corrected chi connectivity index (χ0v) is 18.5. The minimum atomic E-state index is -0.449. The number of aliphatic hydroxyl groups excluding tert-OH is 1. The lowest BCUT2D eigenvalue weighted by Crippen LogP contribution is -2.46. The topological polar surface area (TPSA) is 61.4 Å². The quantitative estimate of drug-likeness (QED) is 0.228. The van der Waals surface area contributed by atoms with E-state index < -0.39 is 6.10 Å². The predicted octanol–water partition coefficient (Wildman–Crippen LogP) is 6.32. The molecule has 0 aromatic carbocycles. The summed E-state index contributed by atoms with van der Waals surface area (Å²) in [7, 11) is 0. The minimum Gasteiger partial charge on any atom is -0.391 e. The predicted molar refractivity (Wildman–Crippen MR) is 117 cm³/mol. The van der Waals surface area contributed by atoms with Crippen LogP contribution in [0, 0.1) is 0 Å². The Morgan fingerprint density at radius 3 is 1.67 bits per heavy atom. The SMILES string of the molecule is CCCCCCCCCCCCCCC[C@@H](O)[C@H](C)NC(=O)NCCCC. The van der Waals surface area contributed by atoms with Crippen LogP contribution in [-0.4, -0.2) is 29.8 Å². The molecule has 0 heterocycles. The standard InChI is InChI=1S/C23H48N2O2/c1-4-6-8-9-10-11-12-13-14-15-16-17-18-19-22(26)21(3)25-23(27)24-20-7-5-2/h21-22,26H,4-20H2,1-3H3,(H2,24,25,27)/t21-,22+/m0/s1. The van der Waals surface area contributed by atoms with Gasteiger partial charge in [-0.15, -0.1) is 0 Å². The summed E-state index contributed by atoms with van der Waals surface area (Å²) in [6.07, 6.45) is 19.7. The second-order valence-electron chi connectivity index (χ2n) is 8.14. The maximum Gasteiger partial charge on any atom is 0.315 e. The Bertz CT molecular complexity index is 324. The number of hydrogen-bond acceptors (Lipinski definition) is 2. The van der Waals surface area contributed by atoms with E-state index in [1.807, 2.05) is 6.92 Å². The summed E-state index contributed by atoms with van der Waals surface area (Å²) >= 11 is 0. The van der Waals surface area contributed by atoms with Crippen molar-refractivity contribution in [3.63, 3.8) is 0 Å². The van der Waals surface area contributed by atoms with Crippen LogP contribution in [0.25, 0.3) is 0 Å². The smallest absolute Gasteiger partial charge is 0.315 e. The summed E-state index contributed by atoms with van der Waals surface area (Å²) in [5, 5.41) is 15.8. The Labute approximate surface area is 169 Å². The first-order valence-corrected chi connectivity index (χ1v) is 11.8. The highest BCUT2D eigenvalue weighted by molar-refractivity contribution is 5.74. The number of carbonyl (C=O) groups is 1. The van der Waals surface area contributed by atoms with E-state index in [-0.39, 0.29) is 12.1 Å². The van der Waals surface area contributed by atoms with Crippen LogP contribution in [0.3, 0.4) is 0 Å². The molecule has 0 aromatic heterocycles. The molecule has 0 spiro atoms. The van der Waals surface area contributed by atoms with E-state index in [0.29, 0.717) is 6.54 Å². The fourth-order valence-corrected chi connectivity index (χ4v) is 3.35. The Balaban J connectivity index is 3.39. The fourth-order valence-electron chi connectivity index (χ4n) is 3.35. The molecular weight excluding hydrogens is 336 g/mol. The highest BCUT2D eigenvalue weighted by atomic mass is 16.3. The van der Waals surface area contributed by atoms with Crippen LogP contribution in [-0.2, 0) is 0 Å². The average Bonchev–Trinajstić information content (AvgIpc) is 2.65. The molecule has 0 aliphatic carbocycles. The van der Waals surface area contributed by atoms with Crippen molar-refractivity contribution in [2.24, 2.45) is 0 Å². The van der Waals surface area contributed by atoms with Gasteiger partial charge in [-0.2, -0.15) is 0 Å². The van der Waals surface area contributed by atoms with E-state index in [2.05, 4.69) is 24.5 Å². The third-order valence-electron chi connectivity index (χ3n) is 5.36. The zero-order valence-electron chi connectivity index (χ0n) is 18.5. The molecule has 0 unspecified atom stereocenters. The molecule has 3 N–H and O–H groups in total. The molecule has 0 aromatic rings. The number of aliphatic hydroxyl groups is 1. The van der Waals surface area contributed by atoms with Gasteiger partial charge in [0.2, 0.25) is 0 Å². The maximum atomic E-state index is 11.7. The van der Waals surface area contributed by atoms with Crippen LogP contribution < -0.4 is 10.6 Å². The van der Waals surface area contributed by atoms with Crippen LogP contribution in [0.15, 0.2) is 0 Å². The summed E-state index contributed by atoms with van der Waals surface area (Å²) in [6.45, 7) is 6.95. The van der Waals surface area contributed by atoms with Crippen molar-refractivity contribution in [2.45, 2.75) is 136 Å². The lowest BCUT2D eigenvalue weighted by molar-refractivity contribution is 0.124. The molecule has 2 atom stereocenters. The Morgan fingerprint density at radius 1 is 0.741 bits per heavy atom. The normalized spacial score (nSPS) is 13.3. The van der Waals surface area contributed by atoms with Gasteiger partial charge in [0.1, 0.15) is 0 Å². The zero-order chi connectivity index (χ0) is 20.2. The molecule has 0 aliphatic heterocycles. The second-order valence-corrected chi connectivity index (χ2v) is 8.14. The van der Waals surface area contributed by atoms with Crippen LogP contribution in [0.2, 0.25) is 0 Å². The van der Waals surface area contributed by atoms with Crippen molar-refractivity contribution in [3.8, 4) is 0 Å². The lowest BCUT2D eigenvalue weighted by Gasteiger charge is -2.20. The van der Waals surface area contributed by atoms with Gasteiger partial charge in [0.25, 0.3) is 0 Å². The summed E-state index contributed by atoms with van der Waals surface area (Å²) in [5.41, 5.74) is 0. The van der Waals surface area contributed by atoms with Crippen LogP contribution >= 0.6 is 0 Å². The number of urea groups is 1. The third kappa shape index (κ3) is 18.4. The van der Waals surface area contributed by atoms with E-state index in [4.69, 9.17) is 0 Å².